The number of aromatic nitrogens is 1. The van der Waals surface area contributed by atoms with E-state index in [1.807, 2.05) is 6.20 Å². The minimum absolute atomic E-state index is 0.543. The average Bonchev–Trinajstić information content (AvgIpc) is 2.82. The second kappa shape index (κ2) is 6.26. The molecule has 1 heterocycles. The third kappa shape index (κ3) is 3.49. The number of hydrogen-bond acceptors (Lipinski definition) is 3. The predicted molar refractivity (Wildman–Crippen MR) is 70.2 cm³/mol. The molecule has 88 valence electrons. The molecule has 2 nitrogen and oxygen atoms in total. The van der Waals surface area contributed by atoms with Gasteiger partial charge in [0.15, 0.2) is 0 Å². The molecule has 0 aliphatic heterocycles. The molecule has 1 aromatic heterocycles. The van der Waals surface area contributed by atoms with Gasteiger partial charge >= 0.3 is 0 Å². The highest BCUT2D eigenvalue weighted by molar-refractivity contribution is 7.98. The van der Waals surface area contributed by atoms with E-state index in [4.69, 9.17) is 5.73 Å². The van der Waals surface area contributed by atoms with E-state index in [9.17, 15) is 0 Å². The Hall–Kier alpha value is -0.540. The molecule has 0 saturated heterocycles. The largest absolute Gasteiger partial charge is 0.325 e. The lowest BCUT2D eigenvalue weighted by Crippen LogP contribution is -2.00. The molecule has 0 bridgehead atoms. The van der Waals surface area contributed by atoms with Crippen LogP contribution in [-0.2, 0) is 12.3 Å². The van der Waals surface area contributed by atoms with Crippen LogP contribution in [0.5, 0.6) is 0 Å². The SMILES string of the molecule is NCc1cc(CSCC2CCCC2)ccn1. The maximum Gasteiger partial charge on any atom is 0.0542 e. The minimum Gasteiger partial charge on any atom is -0.325 e. The zero-order valence-corrected chi connectivity index (χ0v) is 10.5. The molecule has 0 amide bonds. The topological polar surface area (TPSA) is 38.9 Å². The Bertz CT molecular complexity index is 321. The third-order valence-corrected chi connectivity index (χ3v) is 4.43. The fraction of sp³-hybridized carbons (Fsp3) is 0.615. The molecule has 1 aliphatic rings. The van der Waals surface area contributed by atoms with Crippen LogP contribution in [0.15, 0.2) is 18.3 Å². The zero-order valence-electron chi connectivity index (χ0n) is 9.69. The second-order valence-electron chi connectivity index (χ2n) is 4.53. The first-order valence-electron chi connectivity index (χ1n) is 6.10. The Morgan fingerprint density at radius 1 is 1.38 bits per heavy atom. The van der Waals surface area contributed by atoms with Crippen molar-refractivity contribution in [2.45, 2.75) is 38.0 Å². The van der Waals surface area contributed by atoms with Crippen LogP contribution in [-0.4, -0.2) is 10.7 Å². The smallest absolute Gasteiger partial charge is 0.0542 e. The van der Waals surface area contributed by atoms with Crippen LogP contribution >= 0.6 is 11.8 Å². The van der Waals surface area contributed by atoms with Gasteiger partial charge in [-0.1, -0.05) is 12.8 Å². The monoisotopic (exact) mass is 236 g/mol. The van der Waals surface area contributed by atoms with Gasteiger partial charge in [-0.05, 0) is 42.2 Å². The van der Waals surface area contributed by atoms with E-state index in [0.29, 0.717) is 6.54 Å². The number of rotatable bonds is 5. The van der Waals surface area contributed by atoms with Gasteiger partial charge in [0, 0.05) is 18.5 Å². The van der Waals surface area contributed by atoms with Gasteiger partial charge in [0.05, 0.1) is 5.69 Å². The quantitative estimate of drug-likeness (QED) is 0.854. The van der Waals surface area contributed by atoms with E-state index < -0.39 is 0 Å². The minimum atomic E-state index is 0.543. The van der Waals surface area contributed by atoms with Crippen molar-refractivity contribution in [3.05, 3.63) is 29.6 Å². The van der Waals surface area contributed by atoms with Crippen LogP contribution in [0.2, 0.25) is 0 Å². The molecule has 2 N–H and O–H groups in total. The molecule has 0 spiro atoms. The molecule has 3 heteroatoms. The summed E-state index contributed by atoms with van der Waals surface area (Å²) in [5, 5.41) is 0. The molecule has 0 atom stereocenters. The molecular formula is C13H20N2S. The van der Waals surface area contributed by atoms with Crippen molar-refractivity contribution in [1.82, 2.24) is 4.98 Å². The highest BCUT2D eigenvalue weighted by atomic mass is 32.2. The van der Waals surface area contributed by atoms with Gasteiger partial charge in [-0.3, -0.25) is 4.98 Å². The van der Waals surface area contributed by atoms with Crippen molar-refractivity contribution in [3.63, 3.8) is 0 Å². The maximum atomic E-state index is 5.58. The van der Waals surface area contributed by atoms with Crippen LogP contribution < -0.4 is 5.73 Å². The van der Waals surface area contributed by atoms with Crippen molar-refractivity contribution in [2.24, 2.45) is 11.7 Å². The predicted octanol–water partition coefficient (Wildman–Crippen LogP) is 2.96. The molecule has 0 aromatic carbocycles. The van der Waals surface area contributed by atoms with Crippen molar-refractivity contribution in [3.8, 4) is 0 Å². The number of nitrogens with two attached hydrogens (primary N) is 1. The Kier molecular flexibility index (Phi) is 4.67. The van der Waals surface area contributed by atoms with E-state index in [-0.39, 0.29) is 0 Å². The van der Waals surface area contributed by atoms with Crippen LogP contribution in [0.4, 0.5) is 0 Å². The number of thioether (sulfide) groups is 1. The Morgan fingerprint density at radius 3 is 2.94 bits per heavy atom. The summed E-state index contributed by atoms with van der Waals surface area (Å²) in [4.78, 5) is 4.21. The lowest BCUT2D eigenvalue weighted by atomic mass is 10.1. The summed E-state index contributed by atoms with van der Waals surface area (Å²) in [6, 6.07) is 4.22. The van der Waals surface area contributed by atoms with Crippen molar-refractivity contribution in [2.75, 3.05) is 5.75 Å². The van der Waals surface area contributed by atoms with Crippen molar-refractivity contribution >= 4 is 11.8 Å². The van der Waals surface area contributed by atoms with Crippen LogP contribution in [0.3, 0.4) is 0 Å². The molecule has 16 heavy (non-hydrogen) atoms. The normalized spacial score (nSPS) is 16.8. The summed E-state index contributed by atoms with van der Waals surface area (Å²) in [5.74, 6) is 3.40. The third-order valence-electron chi connectivity index (χ3n) is 3.19. The fourth-order valence-electron chi connectivity index (χ4n) is 2.25. The highest BCUT2D eigenvalue weighted by Crippen LogP contribution is 2.28. The standard InChI is InChI=1S/C13H20N2S/c14-8-13-7-12(5-6-15-13)10-16-9-11-3-1-2-4-11/h5-7,11H,1-4,8-10,14H2. The summed E-state index contributed by atoms with van der Waals surface area (Å²) in [5.41, 5.74) is 7.94. The average molecular weight is 236 g/mol. The van der Waals surface area contributed by atoms with Crippen molar-refractivity contribution in [1.29, 1.82) is 0 Å². The molecule has 0 unspecified atom stereocenters. The first-order chi connectivity index (χ1) is 7.88. The molecular weight excluding hydrogens is 216 g/mol. The fourth-order valence-corrected chi connectivity index (χ4v) is 3.45. The second-order valence-corrected chi connectivity index (χ2v) is 5.56. The van der Waals surface area contributed by atoms with Gasteiger partial charge < -0.3 is 5.73 Å². The molecule has 0 radical (unpaired) electrons. The number of hydrogen-bond donors (Lipinski definition) is 1. The first-order valence-corrected chi connectivity index (χ1v) is 7.25. The van der Waals surface area contributed by atoms with Gasteiger partial charge in [0.25, 0.3) is 0 Å². The van der Waals surface area contributed by atoms with Crippen molar-refractivity contribution < 1.29 is 0 Å². The van der Waals surface area contributed by atoms with Gasteiger partial charge in [0.1, 0.15) is 0 Å². The molecule has 1 aromatic rings. The summed E-state index contributed by atoms with van der Waals surface area (Å²) < 4.78 is 0. The molecule has 2 rings (SSSR count). The maximum absolute atomic E-state index is 5.58. The number of nitrogens with zero attached hydrogens (tertiary/aromatic N) is 1. The van der Waals surface area contributed by atoms with E-state index >= 15 is 0 Å². The summed E-state index contributed by atoms with van der Waals surface area (Å²) in [6.45, 7) is 0.543. The van der Waals surface area contributed by atoms with E-state index in [2.05, 4.69) is 28.9 Å². The Morgan fingerprint density at radius 2 is 2.19 bits per heavy atom. The molecule has 1 saturated carbocycles. The number of pyridine rings is 1. The van der Waals surface area contributed by atoms with Gasteiger partial charge in [0.2, 0.25) is 0 Å². The first kappa shape index (κ1) is 11.9. The van der Waals surface area contributed by atoms with E-state index in [1.165, 1.54) is 37.0 Å². The highest BCUT2D eigenvalue weighted by Gasteiger charge is 2.14. The molecule has 1 fully saturated rings. The van der Waals surface area contributed by atoms with Crippen LogP contribution in [0.25, 0.3) is 0 Å². The van der Waals surface area contributed by atoms with Crippen LogP contribution in [0, 0.1) is 5.92 Å². The Balaban J connectivity index is 1.75. The summed E-state index contributed by atoms with van der Waals surface area (Å²) >= 11 is 2.05. The Labute approximate surface area is 102 Å². The summed E-state index contributed by atoms with van der Waals surface area (Å²) in [7, 11) is 0. The van der Waals surface area contributed by atoms with Crippen LogP contribution in [0.1, 0.15) is 36.9 Å². The molecule has 1 aliphatic carbocycles. The lowest BCUT2D eigenvalue weighted by molar-refractivity contribution is 0.623. The van der Waals surface area contributed by atoms with Gasteiger partial charge in [-0.25, -0.2) is 0 Å². The summed E-state index contributed by atoms with van der Waals surface area (Å²) in [6.07, 6.45) is 7.64. The van der Waals surface area contributed by atoms with Gasteiger partial charge in [-0.15, -0.1) is 0 Å². The zero-order chi connectivity index (χ0) is 11.2. The van der Waals surface area contributed by atoms with E-state index in [1.54, 1.807) is 0 Å². The lowest BCUT2D eigenvalue weighted by Gasteiger charge is -2.08. The van der Waals surface area contributed by atoms with E-state index in [0.717, 1.165) is 17.4 Å². The van der Waals surface area contributed by atoms with Gasteiger partial charge in [-0.2, -0.15) is 11.8 Å².